The number of benzene rings is 3. The minimum atomic E-state index is -3.80. The van der Waals surface area contributed by atoms with Gasteiger partial charge in [0.25, 0.3) is 0 Å². The van der Waals surface area contributed by atoms with Crippen molar-refractivity contribution in [2.45, 2.75) is 23.6 Å². The van der Waals surface area contributed by atoms with Crippen LogP contribution in [0.3, 0.4) is 0 Å². The first-order chi connectivity index (χ1) is 13.8. The van der Waals surface area contributed by atoms with E-state index in [2.05, 4.69) is 0 Å². The maximum absolute atomic E-state index is 13.4. The molecule has 0 fully saturated rings. The molecule has 4 nitrogen and oxygen atoms in total. The summed E-state index contributed by atoms with van der Waals surface area (Å²) in [5, 5.41) is 1.10. The second kappa shape index (κ2) is 8.76. The Balaban J connectivity index is 2.16. The summed E-state index contributed by atoms with van der Waals surface area (Å²) in [4.78, 5) is 0.890. The van der Waals surface area contributed by atoms with Gasteiger partial charge in [-0.05, 0) is 55.8 Å². The van der Waals surface area contributed by atoms with Crippen LogP contribution in [-0.2, 0) is 20.6 Å². The Hall–Kier alpha value is -2.70. The van der Waals surface area contributed by atoms with E-state index in [9.17, 15) is 12.6 Å². The largest absolute Gasteiger partial charge is 0.497 e. The number of hydrogen-bond donors (Lipinski definition) is 0. The lowest BCUT2D eigenvalue weighted by Gasteiger charge is -2.11. The van der Waals surface area contributed by atoms with Crippen LogP contribution in [0.25, 0.3) is 4.91 Å². The Kier molecular flexibility index (Phi) is 6.35. The van der Waals surface area contributed by atoms with Crippen molar-refractivity contribution >= 4 is 25.5 Å². The minimum absolute atomic E-state index is 0.157. The molecule has 1 atom stereocenters. The average Bonchev–Trinajstić information content (AvgIpc) is 2.72. The lowest BCUT2D eigenvalue weighted by atomic mass is 10.2. The summed E-state index contributed by atoms with van der Waals surface area (Å²) in [6.45, 7) is 3.83. The van der Waals surface area contributed by atoms with E-state index in [1.807, 2.05) is 26.0 Å². The molecule has 0 N–H and O–H groups in total. The van der Waals surface area contributed by atoms with Crippen LogP contribution >= 0.6 is 0 Å². The highest BCUT2D eigenvalue weighted by Crippen LogP contribution is 2.29. The van der Waals surface area contributed by atoms with Gasteiger partial charge in [-0.25, -0.2) is 12.6 Å². The van der Waals surface area contributed by atoms with Crippen LogP contribution < -0.4 is 4.74 Å². The maximum Gasteiger partial charge on any atom is 0.201 e. The van der Waals surface area contributed by atoms with Crippen LogP contribution in [0.15, 0.2) is 88.0 Å². The topological polar surface area (TPSA) is 60.4 Å². The van der Waals surface area contributed by atoms with Gasteiger partial charge >= 0.3 is 0 Å². The highest BCUT2D eigenvalue weighted by molar-refractivity contribution is 7.99. The van der Waals surface area contributed by atoms with Crippen molar-refractivity contribution in [1.82, 2.24) is 0 Å². The van der Waals surface area contributed by atoms with E-state index in [0.717, 1.165) is 16.5 Å². The van der Waals surface area contributed by atoms with Gasteiger partial charge in [0.2, 0.25) is 9.84 Å². The molecule has 0 amide bonds. The Bertz CT molecular complexity index is 1160. The second-order valence-electron chi connectivity index (χ2n) is 6.65. The molecule has 3 aromatic rings. The number of aryl methyl sites for hydroxylation is 2. The Morgan fingerprint density at radius 2 is 1.48 bits per heavy atom. The third kappa shape index (κ3) is 5.02. The van der Waals surface area contributed by atoms with Crippen LogP contribution in [0.1, 0.15) is 16.7 Å². The number of ether oxygens (including phenoxy) is 1. The molecule has 0 heterocycles. The van der Waals surface area contributed by atoms with Crippen LogP contribution in [0.4, 0.5) is 0 Å². The molecule has 0 bridgehead atoms. The van der Waals surface area contributed by atoms with E-state index >= 15 is 0 Å². The first-order valence-corrected chi connectivity index (χ1v) is 11.7. The van der Waals surface area contributed by atoms with E-state index < -0.39 is 20.6 Å². The van der Waals surface area contributed by atoms with Crippen LogP contribution in [0.2, 0.25) is 0 Å². The van der Waals surface area contributed by atoms with Gasteiger partial charge in [0.05, 0.1) is 33.1 Å². The summed E-state index contributed by atoms with van der Waals surface area (Å²) in [5.74, 6) is 0.557. The Morgan fingerprint density at radius 1 is 0.897 bits per heavy atom. The molecule has 6 heteroatoms. The van der Waals surface area contributed by atoms with Gasteiger partial charge in [-0.1, -0.05) is 47.5 Å². The van der Waals surface area contributed by atoms with Gasteiger partial charge in [-0.15, -0.1) is 0 Å². The third-order valence-corrected chi connectivity index (χ3v) is 7.48. The molecule has 0 saturated heterocycles. The van der Waals surface area contributed by atoms with Gasteiger partial charge in [-0.3, -0.25) is 0 Å². The Morgan fingerprint density at radius 3 is 2.07 bits per heavy atom. The fourth-order valence-corrected chi connectivity index (χ4v) is 5.50. The Labute approximate surface area is 174 Å². The standard InChI is InChI=1S/C23H22O4S2/c1-17-7-11-21(12-8-17)28(24)23(19-5-4-6-20(15-19)27-3)16-29(25,26)22-13-9-18(2)10-14-22/h4-16H,1-3H3/b23-16+. The molecule has 0 aliphatic rings. The van der Waals surface area contributed by atoms with Crippen molar-refractivity contribution in [3.63, 3.8) is 0 Å². The normalized spacial score (nSPS) is 13.1. The van der Waals surface area contributed by atoms with E-state index in [1.54, 1.807) is 60.7 Å². The molecule has 0 aliphatic carbocycles. The van der Waals surface area contributed by atoms with Crippen molar-refractivity contribution in [2.75, 3.05) is 7.11 Å². The summed E-state index contributed by atoms with van der Waals surface area (Å²) in [6.07, 6.45) is 0. The van der Waals surface area contributed by atoms with E-state index in [0.29, 0.717) is 16.2 Å². The van der Waals surface area contributed by atoms with Crippen molar-refractivity contribution < 1.29 is 17.4 Å². The second-order valence-corrected chi connectivity index (χ2v) is 9.90. The number of sulfone groups is 1. The van der Waals surface area contributed by atoms with Crippen LogP contribution in [0.5, 0.6) is 5.75 Å². The number of methoxy groups -OCH3 is 1. The highest BCUT2D eigenvalue weighted by Gasteiger charge is 2.20. The molecule has 150 valence electrons. The SMILES string of the molecule is COc1cccc(/C(=C\S(=O)(=O)c2ccc(C)cc2)S(=O)c2ccc(C)cc2)c1. The molecule has 3 rings (SSSR count). The smallest absolute Gasteiger partial charge is 0.201 e. The fourth-order valence-electron chi connectivity index (χ4n) is 2.72. The zero-order valence-electron chi connectivity index (χ0n) is 16.5. The molecule has 0 aromatic heterocycles. The van der Waals surface area contributed by atoms with Gasteiger partial charge in [-0.2, -0.15) is 0 Å². The number of hydrogen-bond acceptors (Lipinski definition) is 4. The predicted molar refractivity (Wildman–Crippen MR) is 117 cm³/mol. The zero-order chi connectivity index (χ0) is 21.0. The molecule has 0 radical (unpaired) electrons. The first kappa shape index (κ1) is 21.0. The number of rotatable bonds is 6. The van der Waals surface area contributed by atoms with Crippen LogP contribution in [0, 0.1) is 13.8 Å². The van der Waals surface area contributed by atoms with Crippen LogP contribution in [-0.4, -0.2) is 19.7 Å². The monoisotopic (exact) mass is 426 g/mol. The van der Waals surface area contributed by atoms with Gasteiger partial charge < -0.3 is 4.74 Å². The summed E-state index contributed by atoms with van der Waals surface area (Å²) in [5.41, 5.74) is 2.52. The van der Waals surface area contributed by atoms with E-state index in [1.165, 1.54) is 7.11 Å². The summed E-state index contributed by atoms with van der Waals surface area (Å²) >= 11 is 0. The summed E-state index contributed by atoms with van der Waals surface area (Å²) in [6, 6.07) is 20.7. The molecule has 0 aliphatic heterocycles. The molecular formula is C23H22O4S2. The van der Waals surface area contributed by atoms with Crippen molar-refractivity contribution in [3.8, 4) is 5.75 Å². The first-order valence-electron chi connectivity index (χ1n) is 8.96. The highest BCUT2D eigenvalue weighted by atomic mass is 32.2. The van der Waals surface area contributed by atoms with Crippen molar-refractivity contribution in [3.05, 3.63) is 94.9 Å². The molecule has 1 unspecified atom stereocenters. The summed E-state index contributed by atoms with van der Waals surface area (Å²) < 4.78 is 44.7. The molecular weight excluding hydrogens is 404 g/mol. The van der Waals surface area contributed by atoms with E-state index in [4.69, 9.17) is 4.74 Å². The average molecular weight is 427 g/mol. The molecule has 29 heavy (non-hydrogen) atoms. The fraction of sp³-hybridized carbons (Fsp3) is 0.130. The van der Waals surface area contributed by atoms with Crippen molar-refractivity contribution in [1.29, 1.82) is 0 Å². The lowest BCUT2D eigenvalue weighted by molar-refractivity contribution is 0.414. The zero-order valence-corrected chi connectivity index (χ0v) is 18.1. The quantitative estimate of drug-likeness (QED) is 0.563. The van der Waals surface area contributed by atoms with Gasteiger partial charge in [0.1, 0.15) is 5.75 Å². The molecule has 3 aromatic carbocycles. The molecule has 0 spiro atoms. The van der Waals surface area contributed by atoms with Gasteiger partial charge in [0, 0.05) is 4.90 Å². The maximum atomic E-state index is 13.4. The lowest BCUT2D eigenvalue weighted by Crippen LogP contribution is -2.03. The third-order valence-electron chi connectivity index (χ3n) is 4.40. The van der Waals surface area contributed by atoms with Gasteiger partial charge in [0.15, 0.2) is 0 Å². The van der Waals surface area contributed by atoms with E-state index in [-0.39, 0.29) is 9.80 Å². The molecule has 0 saturated carbocycles. The minimum Gasteiger partial charge on any atom is -0.497 e. The predicted octanol–water partition coefficient (Wildman–Crippen LogP) is 4.89. The summed E-state index contributed by atoms with van der Waals surface area (Å²) in [7, 11) is -3.96. The van der Waals surface area contributed by atoms with Crippen molar-refractivity contribution in [2.24, 2.45) is 0 Å².